The topological polar surface area (TPSA) is 42.7 Å². The molecule has 1 aromatic heterocycles. The first-order valence-electron chi connectivity index (χ1n) is 9.66. The third-order valence-corrected chi connectivity index (χ3v) is 5.41. The van der Waals surface area contributed by atoms with Crippen LogP contribution in [0.4, 0.5) is 5.69 Å². The van der Waals surface area contributed by atoms with Crippen molar-refractivity contribution in [3.8, 4) is 5.75 Å². The van der Waals surface area contributed by atoms with Crippen molar-refractivity contribution in [3.63, 3.8) is 0 Å². The van der Waals surface area contributed by atoms with Crippen molar-refractivity contribution < 1.29 is 9.15 Å². The van der Waals surface area contributed by atoms with Gasteiger partial charge in [-0.25, -0.2) is 0 Å². The molecule has 1 aliphatic rings. The molecule has 28 heavy (non-hydrogen) atoms. The quantitative estimate of drug-likeness (QED) is 0.643. The highest BCUT2D eigenvalue weighted by molar-refractivity contribution is 5.59. The zero-order chi connectivity index (χ0) is 19.7. The van der Waals surface area contributed by atoms with Crippen molar-refractivity contribution in [3.05, 3.63) is 93.0 Å². The first kappa shape index (κ1) is 18.4. The first-order chi connectivity index (χ1) is 13.5. The van der Waals surface area contributed by atoms with Gasteiger partial charge in [-0.15, -0.1) is 0 Å². The van der Waals surface area contributed by atoms with E-state index in [9.17, 15) is 4.79 Å². The van der Waals surface area contributed by atoms with Gasteiger partial charge in [0.15, 0.2) is 0 Å². The Bertz CT molecular complexity index is 1050. The Labute approximate surface area is 165 Å². The highest BCUT2D eigenvalue weighted by atomic mass is 16.5. The summed E-state index contributed by atoms with van der Waals surface area (Å²) in [5.41, 5.74) is 5.80. The molecule has 4 heteroatoms. The van der Waals surface area contributed by atoms with Crippen LogP contribution >= 0.6 is 0 Å². The van der Waals surface area contributed by atoms with E-state index in [1.165, 1.54) is 23.1 Å². The van der Waals surface area contributed by atoms with Crippen LogP contribution in [0, 0.1) is 13.8 Å². The van der Waals surface area contributed by atoms with E-state index in [4.69, 9.17) is 9.15 Å². The summed E-state index contributed by atoms with van der Waals surface area (Å²) in [7, 11) is 0. The van der Waals surface area contributed by atoms with Gasteiger partial charge in [0, 0.05) is 17.8 Å². The predicted molar refractivity (Wildman–Crippen MR) is 111 cm³/mol. The van der Waals surface area contributed by atoms with Gasteiger partial charge >= 0.3 is 0 Å². The van der Waals surface area contributed by atoms with E-state index in [0.29, 0.717) is 25.0 Å². The molecule has 0 N–H and O–H groups in total. The van der Waals surface area contributed by atoms with E-state index in [1.54, 1.807) is 6.07 Å². The third-order valence-electron chi connectivity index (χ3n) is 5.41. The Morgan fingerprint density at radius 2 is 1.96 bits per heavy atom. The SMILES string of the molecule is Cc1ccc(C)c(COc2coc(CN3c4ccccc4C[C@@H]3C)cc2=O)c1. The van der Waals surface area contributed by atoms with Crippen LogP contribution in [-0.2, 0) is 19.6 Å². The molecule has 2 aromatic carbocycles. The average Bonchev–Trinajstić information content (AvgIpc) is 2.99. The van der Waals surface area contributed by atoms with Crippen LogP contribution in [0.1, 0.15) is 34.9 Å². The normalized spacial score (nSPS) is 15.5. The largest absolute Gasteiger partial charge is 0.482 e. The number of para-hydroxylation sites is 1. The fourth-order valence-corrected chi connectivity index (χ4v) is 3.78. The van der Waals surface area contributed by atoms with E-state index in [0.717, 1.165) is 17.5 Å². The number of rotatable bonds is 5. The smallest absolute Gasteiger partial charge is 0.227 e. The molecule has 0 amide bonds. The minimum Gasteiger partial charge on any atom is -0.482 e. The van der Waals surface area contributed by atoms with Crippen molar-refractivity contribution in [2.24, 2.45) is 0 Å². The second kappa shape index (κ2) is 7.55. The summed E-state index contributed by atoms with van der Waals surface area (Å²) in [6, 6.07) is 16.5. The molecule has 0 fully saturated rings. The summed E-state index contributed by atoms with van der Waals surface area (Å²) in [4.78, 5) is 14.8. The molecule has 3 aromatic rings. The van der Waals surface area contributed by atoms with Gasteiger partial charge in [-0.2, -0.15) is 0 Å². The summed E-state index contributed by atoms with van der Waals surface area (Å²) in [6.07, 6.45) is 2.45. The lowest BCUT2D eigenvalue weighted by Gasteiger charge is -2.24. The van der Waals surface area contributed by atoms with Gasteiger partial charge in [0.1, 0.15) is 18.6 Å². The van der Waals surface area contributed by atoms with Crippen molar-refractivity contribution >= 4 is 5.69 Å². The Balaban J connectivity index is 1.48. The van der Waals surface area contributed by atoms with Crippen LogP contribution in [0.15, 0.2) is 64.0 Å². The van der Waals surface area contributed by atoms with Gasteiger partial charge < -0.3 is 14.1 Å². The Hall–Kier alpha value is -3.01. The molecule has 2 heterocycles. The van der Waals surface area contributed by atoms with E-state index in [1.807, 2.05) is 19.9 Å². The number of anilines is 1. The maximum atomic E-state index is 12.5. The fourth-order valence-electron chi connectivity index (χ4n) is 3.78. The van der Waals surface area contributed by atoms with Crippen molar-refractivity contribution in [1.29, 1.82) is 0 Å². The van der Waals surface area contributed by atoms with Gasteiger partial charge in [-0.1, -0.05) is 42.0 Å². The summed E-state index contributed by atoms with van der Waals surface area (Å²) in [5, 5.41) is 0. The number of aryl methyl sites for hydroxylation is 2. The summed E-state index contributed by atoms with van der Waals surface area (Å²) in [6.45, 7) is 7.21. The maximum absolute atomic E-state index is 12.5. The van der Waals surface area contributed by atoms with Crippen molar-refractivity contribution in [1.82, 2.24) is 0 Å². The molecule has 0 radical (unpaired) electrons. The second-order valence-electron chi connectivity index (χ2n) is 7.60. The van der Waals surface area contributed by atoms with E-state index in [-0.39, 0.29) is 11.2 Å². The molecule has 0 saturated heterocycles. The van der Waals surface area contributed by atoms with Crippen LogP contribution in [0.25, 0.3) is 0 Å². The monoisotopic (exact) mass is 375 g/mol. The van der Waals surface area contributed by atoms with Gasteiger partial charge in [0.05, 0.1) is 6.54 Å². The minimum absolute atomic E-state index is 0.147. The molecular weight excluding hydrogens is 350 g/mol. The Morgan fingerprint density at radius 1 is 1.14 bits per heavy atom. The molecule has 1 aliphatic heterocycles. The summed E-state index contributed by atoms with van der Waals surface area (Å²) >= 11 is 0. The molecule has 0 bridgehead atoms. The van der Waals surface area contributed by atoms with Crippen molar-refractivity contribution in [2.45, 2.75) is 46.4 Å². The average molecular weight is 375 g/mol. The van der Waals surface area contributed by atoms with Crippen LogP contribution in [0.5, 0.6) is 5.75 Å². The standard InChI is InChI=1S/C24H25NO3/c1-16-8-9-17(2)20(10-16)14-28-24-15-27-21(12-23(24)26)13-25-18(3)11-19-6-4-5-7-22(19)25/h4-10,12,15,18H,11,13-14H2,1-3H3/t18-/m0/s1. The van der Waals surface area contributed by atoms with Crippen molar-refractivity contribution in [2.75, 3.05) is 4.90 Å². The highest BCUT2D eigenvalue weighted by Gasteiger charge is 2.26. The maximum Gasteiger partial charge on any atom is 0.227 e. The highest BCUT2D eigenvalue weighted by Crippen LogP contribution is 2.33. The second-order valence-corrected chi connectivity index (χ2v) is 7.60. The first-order valence-corrected chi connectivity index (χ1v) is 9.66. The lowest BCUT2D eigenvalue weighted by molar-refractivity contribution is 0.288. The molecule has 0 aliphatic carbocycles. The van der Waals surface area contributed by atoms with Gasteiger partial charge in [-0.3, -0.25) is 4.79 Å². The molecule has 4 rings (SSSR count). The van der Waals surface area contributed by atoms with Crippen LogP contribution in [0.3, 0.4) is 0 Å². The molecule has 1 atom stereocenters. The van der Waals surface area contributed by atoms with E-state index < -0.39 is 0 Å². The molecule has 144 valence electrons. The zero-order valence-electron chi connectivity index (χ0n) is 16.6. The number of fused-ring (bicyclic) bond motifs is 1. The summed E-state index contributed by atoms with van der Waals surface area (Å²) in [5.74, 6) is 0.896. The van der Waals surface area contributed by atoms with E-state index in [2.05, 4.69) is 48.2 Å². The molecule has 4 nitrogen and oxygen atoms in total. The van der Waals surface area contributed by atoms with E-state index >= 15 is 0 Å². The van der Waals surface area contributed by atoms with Crippen LogP contribution < -0.4 is 15.1 Å². The number of hydrogen-bond donors (Lipinski definition) is 0. The number of nitrogens with zero attached hydrogens (tertiary/aromatic N) is 1. The lowest BCUT2D eigenvalue weighted by atomic mass is 10.1. The van der Waals surface area contributed by atoms with Gasteiger partial charge in [-0.05, 0) is 49.9 Å². The molecule has 0 saturated carbocycles. The number of hydrogen-bond acceptors (Lipinski definition) is 4. The molecule has 0 unspecified atom stereocenters. The lowest BCUT2D eigenvalue weighted by Crippen LogP contribution is -2.29. The predicted octanol–water partition coefficient (Wildman–Crippen LogP) is 4.79. The van der Waals surface area contributed by atoms with Crippen LogP contribution in [-0.4, -0.2) is 6.04 Å². The summed E-state index contributed by atoms with van der Waals surface area (Å²) < 4.78 is 11.5. The van der Waals surface area contributed by atoms with Gasteiger partial charge in [0.25, 0.3) is 0 Å². The van der Waals surface area contributed by atoms with Gasteiger partial charge in [0.2, 0.25) is 11.2 Å². The molecule has 0 spiro atoms. The number of benzene rings is 2. The number of ether oxygens (including phenoxy) is 1. The fraction of sp³-hybridized carbons (Fsp3) is 0.292. The minimum atomic E-state index is -0.147. The Kier molecular flexibility index (Phi) is 4.95. The Morgan fingerprint density at radius 3 is 2.79 bits per heavy atom. The van der Waals surface area contributed by atoms with Crippen LogP contribution in [0.2, 0.25) is 0 Å². The molecular formula is C24H25NO3. The third kappa shape index (κ3) is 3.68. The zero-order valence-corrected chi connectivity index (χ0v) is 16.6.